The fourth-order valence-corrected chi connectivity index (χ4v) is 5.17. The minimum atomic E-state index is -0.575. The zero-order valence-electron chi connectivity index (χ0n) is 18.7. The van der Waals surface area contributed by atoms with Gasteiger partial charge in [-0.1, -0.05) is 6.07 Å². The zero-order valence-corrected chi connectivity index (χ0v) is 18.7. The molecular weight excluding hydrogens is 408 g/mol. The van der Waals surface area contributed by atoms with Crippen molar-refractivity contribution >= 4 is 17.5 Å². The van der Waals surface area contributed by atoms with Crippen molar-refractivity contribution in [2.75, 3.05) is 19.8 Å². The fraction of sp³-hybridized carbons (Fsp3) is 0.480. The van der Waals surface area contributed by atoms with E-state index in [0.29, 0.717) is 30.9 Å². The predicted octanol–water partition coefficient (Wildman–Crippen LogP) is 3.38. The van der Waals surface area contributed by atoms with E-state index in [0.717, 1.165) is 60.3 Å². The number of hydrogen-bond acceptors (Lipinski definition) is 6. The van der Waals surface area contributed by atoms with Crippen LogP contribution in [0.25, 0.3) is 0 Å². The maximum Gasteiger partial charge on any atom is 0.255 e. The number of primary amides is 1. The molecule has 0 radical (unpaired) electrons. The predicted molar refractivity (Wildman–Crippen MR) is 119 cm³/mol. The maximum atomic E-state index is 13.2. The van der Waals surface area contributed by atoms with Crippen LogP contribution in [-0.4, -0.2) is 42.1 Å². The van der Waals surface area contributed by atoms with Gasteiger partial charge in [-0.2, -0.15) is 0 Å². The van der Waals surface area contributed by atoms with Crippen molar-refractivity contribution in [3.63, 3.8) is 0 Å². The summed E-state index contributed by atoms with van der Waals surface area (Å²) in [5, 5.41) is 0. The molecule has 0 fully saturated rings. The van der Waals surface area contributed by atoms with Gasteiger partial charge in [-0.15, -0.1) is 0 Å². The van der Waals surface area contributed by atoms with Crippen molar-refractivity contribution in [1.29, 1.82) is 0 Å². The van der Waals surface area contributed by atoms with Crippen LogP contribution in [0.1, 0.15) is 63.9 Å². The summed E-state index contributed by atoms with van der Waals surface area (Å²) in [6.45, 7) is 4.84. The number of ketones is 2. The normalized spacial score (nSPS) is 19.1. The molecule has 0 spiro atoms. The average Bonchev–Trinajstić information content (AvgIpc) is 2.77. The Morgan fingerprint density at radius 3 is 2.12 bits per heavy atom. The molecule has 3 aliphatic rings. The maximum absolute atomic E-state index is 13.2. The zero-order chi connectivity index (χ0) is 22.8. The van der Waals surface area contributed by atoms with Crippen LogP contribution in [0.5, 0.6) is 11.5 Å². The van der Waals surface area contributed by atoms with Crippen LogP contribution in [0.3, 0.4) is 0 Å². The Balaban J connectivity index is 1.86. The lowest BCUT2D eigenvalue weighted by Gasteiger charge is -2.43. The van der Waals surface area contributed by atoms with Crippen LogP contribution >= 0.6 is 0 Å². The molecule has 2 aliphatic carbocycles. The van der Waals surface area contributed by atoms with Crippen molar-refractivity contribution < 1.29 is 23.9 Å². The molecule has 1 aromatic carbocycles. The Kier molecular flexibility index (Phi) is 6.35. The summed E-state index contributed by atoms with van der Waals surface area (Å²) in [6, 6.07) is 5.44. The van der Waals surface area contributed by atoms with Gasteiger partial charge in [-0.25, -0.2) is 0 Å². The number of hydrogen-bond donors (Lipinski definition) is 1. The van der Waals surface area contributed by atoms with Gasteiger partial charge in [0.15, 0.2) is 29.7 Å². The Morgan fingerprint density at radius 2 is 1.59 bits per heavy atom. The van der Waals surface area contributed by atoms with Crippen molar-refractivity contribution in [2.24, 2.45) is 5.73 Å². The van der Waals surface area contributed by atoms with Crippen molar-refractivity contribution in [2.45, 2.75) is 58.3 Å². The summed E-state index contributed by atoms with van der Waals surface area (Å²) < 4.78 is 11.3. The molecule has 1 amide bonds. The molecule has 1 heterocycles. The molecule has 1 aromatic rings. The summed E-state index contributed by atoms with van der Waals surface area (Å²) in [7, 11) is 0. The van der Waals surface area contributed by atoms with Crippen molar-refractivity contribution in [3.05, 3.63) is 46.3 Å². The van der Waals surface area contributed by atoms with Crippen LogP contribution in [-0.2, 0) is 14.4 Å². The second-order valence-corrected chi connectivity index (χ2v) is 8.35. The lowest BCUT2D eigenvalue weighted by molar-refractivity contribution is -0.120. The summed E-state index contributed by atoms with van der Waals surface area (Å²) in [4.78, 5) is 39.7. The van der Waals surface area contributed by atoms with Crippen molar-refractivity contribution in [3.8, 4) is 11.5 Å². The van der Waals surface area contributed by atoms with Gasteiger partial charge < -0.3 is 20.1 Å². The van der Waals surface area contributed by atoms with Crippen LogP contribution in [0.2, 0.25) is 0 Å². The second kappa shape index (κ2) is 9.18. The number of ether oxygens (including phenoxy) is 2. The topological polar surface area (TPSA) is 98.9 Å². The van der Waals surface area contributed by atoms with Gasteiger partial charge in [0.1, 0.15) is 0 Å². The second-order valence-electron chi connectivity index (χ2n) is 8.35. The number of carbonyl (C=O) groups is 3. The lowest BCUT2D eigenvalue weighted by Crippen LogP contribution is -2.39. The van der Waals surface area contributed by atoms with Gasteiger partial charge in [0.2, 0.25) is 0 Å². The minimum absolute atomic E-state index is 0.117. The minimum Gasteiger partial charge on any atom is -0.490 e. The summed E-state index contributed by atoms with van der Waals surface area (Å²) in [5.41, 5.74) is 9.68. The first-order chi connectivity index (χ1) is 15.5. The van der Waals surface area contributed by atoms with E-state index in [9.17, 15) is 14.4 Å². The first-order valence-electron chi connectivity index (χ1n) is 11.4. The smallest absolute Gasteiger partial charge is 0.255 e. The molecule has 32 heavy (non-hydrogen) atoms. The van der Waals surface area contributed by atoms with E-state index < -0.39 is 11.8 Å². The Bertz CT molecular complexity index is 979. The van der Waals surface area contributed by atoms with Gasteiger partial charge in [-0.3, -0.25) is 14.4 Å². The Morgan fingerprint density at radius 1 is 0.969 bits per heavy atom. The SMILES string of the molecule is CCOc1cc(C2C3=C(CCCC3=O)N(CC)C3=C2C(=O)CCC3)ccc1OCC(N)=O. The van der Waals surface area contributed by atoms with E-state index in [1.54, 1.807) is 6.07 Å². The van der Waals surface area contributed by atoms with E-state index in [-0.39, 0.29) is 18.2 Å². The monoisotopic (exact) mass is 438 g/mol. The number of allylic oxidation sites excluding steroid dienone is 4. The highest BCUT2D eigenvalue weighted by molar-refractivity contribution is 6.06. The van der Waals surface area contributed by atoms with Crippen LogP contribution in [0.4, 0.5) is 0 Å². The summed E-state index contributed by atoms with van der Waals surface area (Å²) in [5.74, 6) is 0.147. The number of amides is 1. The van der Waals surface area contributed by atoms with Gasteiger partial charge in [0, 0.05) is 47.8 Å². The number of rotatable bonds is 7. The number of nitrogens with two attached hydrogens (primary N) is 1. The molecule has 4 rings (SSSR count). The van der Waals surface area contributed by atoms with Crippen LogP contribution in [0.15, 0.2) is 40.7 Å². The highest BCUT2D eigenvalue weighted by Gasteiger charge is 2.43. The molecular formula is C25H30N2O5. The first kappa shape index (κ1) is 22.1. The van der Waals surface area contributed by atoms with Gasteiger partial charge >= 0.3 is 0 Å². The van der Waals surface area contributed by atoms with E-state index in [1.165, 1.54) is 0 Å². The third-order valence-electron chi connectivity index (χ3n) is 6.37. The number of nitrogens with zero attached hydrogens (tertiary/aromatic N) is 1. The lowest BCUT2D eigenvalue weighted by atomic mass is 9.71. The number of Topliss-reactive ketones (excluding diaryl/α,β-unsaturated/α-hetero) is 2. The van der Waals surface area contributed by atoms with E-state index in [1.807, 2.05) is 19.1 Å². The molecule has 7 heteroatoms. The first-order valence-corrected chi connectivity index (χ1v) is 11.4. The molecule has 2 N–H and O–H groups in total. The third-order valence-corrected chi connectivity index (χ3v) is 6.37. The average molecular weight is 439 g/mol. The highest BCUT2D eigenvalue weighted by atomic mass is 16.5. The molecule has 1 aliphatic heterocycles. The van der Waals surface area contributed by atoms with Gasteiger partial charge in [0.05, 0.1) is 6.61 Å². The Hall–Kier alpha value is -3.09. The molecule has 0 unspecified atom stereocenters. The number of carbonyl (C=O) groups excluding carboxylic acids is 3. The molecule has 0 saturated carbocycles. The van der Waals surface area contributed by atoms with Crippen LogP contribution in [0, 0.1) is 0 Å². The van der Waals surface area contributed by atoms with E-state index in [2.05, 4.69) is 11.8 Å². The van der Waals surface area contributed by atoms with Crippen molar-refractivity contribution in [1.82, 2.24) is 4.90 Å². The third kappa shape index (κ3) is 3.92. The Labute approximate surface area is 188 Å². The molecule has 7 nitrogen and oxygen atoms in total. The highest BCUT2D eigenvalue weighted by Crippen LogP contribution is 2.49. The van der Waals surface area contributed by atoms with E-state index in [4.69, 9.17) is 15.2 Å². The summed E-state index contributed by atoms with van der Waals surface area (Å²) >= 11 is 0. The molecule has 170 valence electrons. The molecule has 0 atom stereocenters. The quantitative estimate of drug-likeness (QED) is 0.701. The molecule has 0 bridgehead atoms. The summed E-state index contributed by atoms with van der Waals surface area (Å²) in [6.07, 6.45) is 4.36. The largest absolute Gasteiger partial charge is 0.490 e. The van der Waals surface area contributed by atoms with Gasteiger partial charge in [0.25, 0.3) is 5.91 Å². The van der Waals surface area contributed by atoms with E-state index >= 15 is 0 Å². The molecule has 0 saturated heterocycles. The van der Waals surface area contributed by atoms with Crippen LogP contribution < -0.4 is 15.2 Å². The van der Waals surface area contributed by atoms with Gasteiger partial charge in [-0.05, 0) is 57.2 Å². The number of benzene rings is 1. The molecule has 0 aromatic heterocycles. The fourth-order valence-electron chi connectivity index (χ4n) is 5.17. The standard InChI is InChI=1S/C25H30N2O5/c1-3-27-16-7-5-9-18(28)24(16)23(25-17(27)8-6-10-19(25)29)15-11-12-20(32-14-22(26)30)21(13-15)31-4-2/h11-13,23H,3-10,14H2,1-2H3,(H2,26,30).